The van der Waals surface area contributed by atoms with Gasteiger partial charge in [0, 0.05) is 24.1 Å². The van der Waals surface area contributed by atoms with Crippen LogP contribution in [0.5, 0.6) is 11.5 Å². The van der Waals surface area contributed by atoms with Gasteiger partial charge in [-0.15, -0.1) is 0 Å². The van der Waals surface area contributed by atoms with Crippen LogP contribution in [0.4, 0.5) is 14.5 Å². The van der Waals surface area contributed by atoms with Gasteiger partial charge in [0.25, 0.3) is 11.7 Å². The molecule has 1 aromatic heterocycles. The van der Waals surface area contributed by atoms with Gasteiger partial charge in [-0.2, -0.15) is 0 Å². The van der Waals surface area contributed by atoms with E-state index < -0.39 is 35.1 Å². The number of carbonyl (C=O) groups excluding carboxylic acids is 2. The Hall–Kier alpha value is -4.27. The van der Waals surface area contributed by atoms with E-state index in [1.807, 2.05) is 0 Å². The molecule has 33 heavy (non-hydrogen) atoms. The topological polar surface area (TPSA) is 89.0 Å². The summed E-state index contributed by atoms with van der Waals surface area (Å²) in [4.78, 5) is 31.2. The Bertz CT molecular complexity index is 1250. The molecule has 1 fully saturated rings. The lowest BCUT2D eigenvalue weighted by Gasteiger charge is -2.25. The fourth-order valence-electron chi connectivity index (χ4n) is 3.81. The van der Waals surface area contributed by atoms with Crippen molar-refractivity contribution in [1.82, 2.24) is 4.98 Å². The third-order valence-corrected chi connectivity index (χ3v) is 5.31. The first kappa shape index (κ1) is 21.9. The smallest absolute Gasteiger partial charge is 0.300 e. The number of hydrogen-bond acceptors (Lipinski definition) is 6. The van der Waals surface area contributed by atoms with Crippen molar-refractivity contribution in [2.24, 2.45) is 0 Å². The van der Waals surface area contributed by atoms with Crippen LogP contribution in [0.15, 0.2) is 66.5 Å². The minimum absolute atomic E-state index is 0.0520. The predicted octanol–water partition coefficient (Wildman–Crippen LogP) is 4.00. The zero-order valence-corrected chi connectivity index (χ0v) is 17.6. The number of pyridine rings is 1. The van der Waals surface area contributed by atoms with E-state index >= 15 is 0 Å². The first-order valence-electron chi connectivity index (χ1n) is 9.76. The average Bonchev–Trinajstić information content (AvgIpc) is 3.10. The number of anilines is 1. The Labute approximate surface area is 187 Å². The van der Waals surface area contributed by atoms with Gasteiger partial charge in [0.1, 0.15) is 22.8 Å². The normalized spacial score (nSPS) is 17.3. The van der Waals surface area contributed by atoms with Gasteiger partial charge in [-0.1, -0.05) is 6.07 Å². The van der Waals surface area contributed by atoms with Gasteiger partial charge in [0.05, 0.1) is 25.8 Å². The number of halogens is 2. The Balaban J connectivity index is 2.01. The minimum Gasteiger partial charge on any atom is -0.506 e. The number of carbonyl (C=O) groups is 2. The Morgan fingerprint density at radius 3 is 2.18 bits per heavy atom. The van der Waals surface area contributed by atoms with Crippen LogP contribution in [0.3, 0.4) is 0 Å². The molecule has 3 aromatic rings. The maximum absolute atomic E-state index is 14.0. The van der Waals surface area contributed by atoms with Gasteiger partial charge in [-0.05, 0) is 42.0 Å². The molecule has 0 bridgehead atoms. The molecular weight excluding hydrogens is 434 g/mol. The molecule has 2 aromatic carbocycles. The number of nitrogens with zero attached hydrogens (tertiary/aromatic N) is 2. The van der Waals surface area contributed by atoms with Gasteiger partial charge in [0.15, 0.2) is 11.6 Å². The van der Waals surface area contributed by atoms with E-state index in [0.29, 0.717) is 5.56 Å². The number of aliphatic hydroxyl groups is 1. The molecule has 168 valence electrons. The molecule has 1 N–H and O–H groups in total. The van der Waals surface area contributed by atoms with Crippen molar-refractivity contribution in [3.63, 3.8) is 0 Å². The van der Waals surface area contributed by atoms with E-state index in [-0.39, 0.29) is 28.3 Å². The number of rotatable bonds is 5. The lowest BCUT2D eigenvalue weighted by atomic mass is 9.95. The number of ether oxygens (including phenoxy) is 2. The highest BCUT2D eigenvalue weighted by atomic mass is 19.2. The van der Waals surface area contributed by atoms with Crippen LogP contribution in [0.25, 0.3) is 5.76 Å². The fraction of sp³-hybridized carbons (Fsp3) is 0.125. The third kappa shape index (κ3) is 3.67. The molecule has 1 aliphatic heterocycles. The Kier molecular flexibility index (Phi) is 5.78. The summed E-state index contributed by atoms with van der Waals surface area (Å²) >= 11 is 0. The number of ketones is 1. The predicted molar refractivity (Wildman–Crippen MR) is 115 cm³/mol. The van der Waals surface area contributed by atoms with Gasteiger partial charge < -0.3 is 14.6 Å². The van der Waals surface area contributed by atoms with Crippen LogP contribution >= 0.6 is 0 Å². The summed E-state index contributed by atoms with van der Waals surface area (Å²) in [6, 6.07) is 9.57. The van der Waals surface area contributed by atoms with Crippen LogP contribution in [-0.2, 0) is 9.59 Å². The van der Waals surface area contributed by atoms with E-state index in [2.05, 4.69) is 4.98 Å². The summed E-state index contributed by atoms with van der Waals surface area (Å²) in [5, 5.41) is 11.3. The van der Waals surface area contributed by atoms with Crippen LogP contribution in [0, 0.1) is 11.6 Å². The lowest BCUT2D eigenvalue weighted by Crippen LogP contribution is -2.29. The molecule has 4 rings (SSSR count). The van der Waals surface area contributed by atoms with E-state index in [1.165, 1.54) is 32.7 Å². The number of aliphatic hydroxyl groups excluding tert-OH is 1. The molecule has 0 radical (unpaired) electrons. The van der Waals surface area contributed by atoms with Crippen LogP contribution in [0.2, 0.25) is 0 Å². The van der Waals surface area contributed by atoms with E-state index in [9.17, 15) is 23.5 Å². The van der Waals surface area contributed by atoms with Gasteiger partial charge >= 0.3 is 0 Å². The summed E-state index contributed by atoms with van der Waals surface area (Å²) in [5.74, 6) is -4.43. The minimum atomic E-state index is -1.19. The largest absolute Gasteiger partial charge is 0.506 e. The van der Waals surface area contributed by atoms with Gasteiger partial charge in [-0.3, -0.25) is 19.5 Å². The van der Waals surface area contributed by atoms with Crippen molar-refractivity contribution in [2.45, 2.75) is 6.04 Å². The highest BCUT2D eigenvalue weighted by molar-refractivity contribution is 6.51. The van der Waals surface area contributed by atoms with E-state index in [0.717, 1.165) is 17.0 Å². The first-order valence-corrected chi connectivity index (χ1v) is 9.76. The molecule has 2 heterocycles. The van der Waals surface area contributed by atoms with Crippen molar-refractivity contribution in [2.75, 3.05) is 19.1 Å². The number of Topliss-reactive ketones (excluding diaryl/α,β-unsaturated/α-hetero) is 1. The standard InChI is InChI=1S/C24H18F2N2O5/c1-32-17-4-3-5-18(33-2)19(17)22(29)20-21(13-8-10-27-11-9-13)28(24(31)23(20)30)14-6-7-15(25)16(26)12-14/h3-12,21,29H,1-2H3/b22-20+. The van der Waals surface area contributed by atoms with E-state index in [4.69, 9.17) is 9.47 Å². The SMILES string of the molecule is COc1cccc(OC)c1/C(O)=C1\C(=O)C(=O)N(c2ccc(F)c(F)c2)C1c1ccncc1. The van der Waals surface area contributed by atoms with Crippen LogP contribution in [-0.4, -0.2) is 36.0 Å². The van der Waals surface area contributed by atoms with Crippen LogP contribution in [0.1, 0.15) is 17.2 Å². The molecular formula is C24H18F2N2O5. The third-order valence-electron chi connectivity index (χ3n) is 5.31. The zero-order valence-electron chi connectivity index (χ0n) is 17.6. The number of aromatic nitrogens is 1. The molecule has 9 heteroatoms. The molecule has 1 atom stereocenters. The molecule has 1 saturated heterocycles. The Morgan fingerprint density at radius 1 is 0.970 bits per heavy atom. The summed E-state index contributed by atoms with van der Waals surface area (Å²) in [6.07, 6.45) is 2.90. The monoisotopic (exact) mass is 452 g/mol. The number of hydrogen-bond donors (Lipinski definition) is 1. The number of benzene rings is 2. The molecule has 0 saturated carbocycles. The van der Waals surface area contributed by atoms with Gasteiger partial charge in [-0.25, -0.2) is 8.78 Å². The molecule has 1 amide bonds. The Morgan fingerprint density at radius 2 is 1.61 bits per heavy atom. The lowest BCUT2D eigenvalue weighted by molar-refractivity contribution is -0.132. The molecule has 1 aliphatic rings. The number of methoxy groups -OCH3 is 2. The highest BCUT2D eigenvalue weighted by Gasteiger charge is 2.47. The second-order valence-electron chi connectivity index (χ2n) is 7.09. The highest BCUT2D eigenvalue weighted by Crippen LogP contribution is 2.45. The summed E-state index contributed by atoms with van der Waals surface area (Å²) in [6.45, 7) is 0. The quantitative estimate of drug-likeness (QED) is 0.358. The van der Waals surface area contributed by atoms with Crippen molar-refractivity contribution in [1.29, 1.82) is 0 Å². The summed E-state index contributed by atoms with van der Waals surface area (Å²) in [5.41, 5.74) is 0.178. The molecule has 0 aliphatic carbocycles. The van der Waals surface area contributed by atoms with Gasteiger partial charge in [0.2, 0.25) is 0 Å². The van der Waals surface area contributed by atoms with Crippen molar-refractivity contribution in [3.05, 3.63) is 89.3 Å². The van der Waals surface area contributed by atoms with Crippen LogP contribution < -0.4 is 14.4 Å². The summed E-state index contributed by atoms with van der Waals surface area (Å²) < 4.78 is 38.2. The average molecular weight is 452 g/mol. The van der Waals surface area contributed by atoms with Crippen molar-refractivity contribution >= 4 is 23.1 Å². The second-order valence-corrected chi connectivity index (χ2v) is 7.09. The van der Waals surface area contributed by atoms with E-state index in [1.54, 1.807) is 30.3 Å². The molecule has 1 unspecified atom stereocenters. The zero-order chi connectivity index (χ0) is 23.7. The molecule has 7 nitrogen and oxygen atoms in total. The fourth-order valence-corrected chi connectivity index (χ4v) is 3.81. The van der Waals surface area contributed by atoms with Crippen molar-refractivity contribution < 1.29 is 33.0 Å². The molecule has 0 spiro atoms. The maximum atomic E-state index is 14.0. The van der Waals surface area contributed by atoms with Crippen molar-refractivity contribution in [3.8, 4) is 11.5 Å². The summed E-state index contributed by atoms with van der Waals surface area (Å²) in [7, 11) is 2.76. The maximum Gasteiger partial charge on any atom is 0.300 e. The second kappa shape index (κ2) is 8.70. The number of amides is 1. The first-order chi connectivity index (χ1) is 15.9.